The maximum Gasteiger partial charge on any atom is 0.324 e. The average molecular weight is 479 g/mol. The number of rotatable bonds is 6. The molecule has 1 N–H and O–H groups in total. The number of carbonyl (C=O) groups is 3. The van der Waals surface area contributed by atoms with Crippen LogP contribution in [0.15, 0.2) is 53.4 Å². The van der Waals surface area contributed by atoms with Crippen molar-refractivity contribution in [3.8, 4) is 0 Å². The van der Waals surface area contributed by atoms with Crippen LogP contribution in [-0.4, -0.2) is 72.4 Å². The lowest BCUT2D eigenvalue weighted by Crippen LogP contribution is -2.42. The zero-order valence-corrected chi connectivity index (χ0v) is 18.3. The summed E-state index contributed by atoms with van der Waals surface area (Å²) in [6, 6.07) is 10.6. The first-order valence-corrected chi connectivity index (χ1v) is 11.6. The Balaban J connectivity index is 1.42. The second-order valence-electron chi connectivity index (χ2n) is 7.41. The molecule has 11 heteroatoms. The lowest BCUT2D eigenvalue weighted by Gasteiger charge is -2.23. The Hall–Kier alpha value is -2.79. The van der Waals surface area contributed by atoms with Crippen LogP contribution in [0.5, 0.6) is 0 Å². The molecule has 2 aromatic carbocycles. The number of esters is 1. The smallest absolute Gasteiger partial charge is 0.324 e. The summed E-state index contributed by atoms with van der Waals surface area (Å²) in [7, 11) is -4.08. The van der Waals surface area contributed by atoms with Gasteiger partial charge in [0, 0.05) is 18.0 Å². The number of ether oxygens (including phenoxy) is 1. The second kappa shape index (κ2) is 8.62. The SMILES string of the molecule is O=C(OCCN1C(=O)c2ccccc2C1=O)[C@@H]1C[C@H](O)CN1S(=O)(=O)c1ccc(Cl)cc1. The fourth-order valence-electron chi connectivity index (χ4n) is 3.78. The van der Waals surface area contributed by atoms with Crippen molar-refractivity contribution >= 4 is 39.4 Å². The van der Waals surface area contributed by atoms with E-state index in [4.69, 9.17) is 16.3 Å². The minimum absolute atomic E-state index is 0.0696. The van der Waals surface area contributed by atoms with E-state index in [1.165, 1.54) is 24.3 Å². The number of hydrogen-bond donors (Lipinski definition) is 1. The van der Waals surface area contributed by atoms with Gasteiger partial charge in [0.1, 0.15) is 12.6 Å². The van der Waals surface area contributed by atoms with Crippen LogP contribution < -0.4 is 0 Å². The largest absolute Gasteiger partial charge is 0.463 e. The molecule has 0 unspecified atom stereocenters. The molecule has 0 bridgehead atoms. The van der Waals surface area contributed by atoms with Crippen LogP contribution in [0.2, 0.25) is 5.02 Å². The van der Waals surface area contributed by atoms with Gasteiger partial charge in [0.05, 0.1) is 28.7 Å². The molecule has 4 rings (SSSR count). The number of benzene rings is 2. The molecule has 1 fully saturated rings. The third-order valence-corrected chi connectivity index (χ3v) is 7.50. The normalized spacial score (nSPS) is 21.1. The Labute approximate surface area is 189 Å². The summed E-state index contributed by atoms with van der Waals surface area (Å²) in [5, 5.41) is 10.4. The molecule has 1 saturated heterocycles. The van der Waals surface area contributed by atoms with Crippen molar-refractivity contribution in [3.05, 3.63) is 64.7 Å². The zero-order chi connectivity index (χ0) is 23.0. The summed E-state index contributed by atoms with van der Waals surface area (Å²) in [6.45, 7) is -0.730. The number of β-amino-alcohol motifs (C(OH)–C–C–N with tert-alkyl or cyclic N) is 1. The standard InChI is InChI=1S/C21H19ClN2O7S/c22-13-5-7-15(8-6-13)32(29,30)24-12-14(25)11-18(24)21(28)31-10-9-23-19(26)16-3-1-2-4-17(16)20(23)27/h1-8,14,18,25H,9-12H2/t14-,18-/m0/s1. The topological polar surface area (TPSA) is 121 Å². The van der Waals surface area contributed by atoms with Crippen molar-refractivity contribution in [1.29, 1.82) is 0 Å². The summed E-state index contributed by atoms with van der Waals surface area (Å²) in [4.78, 5) is 38.3. The monoisotopic (exact) mass is 478 g/mol. The number of aliphatic hydroxyl groups excluding tert-OH is 1. The fourth-order valence-corrected chi connectivity index (χ4v) is 5.53. The van der Waals surface area contributed by atoms with E-state index < -0.39 is 40.0 Å². The number of carbonyl (C=O) groups excluding carboxylic acids is 3. The average Bonchev–Trinajstić information content (AvgIpc) is 3.28. The molecule has 0 aliphatic carbocycles. The number of amides is 2. The van der Waals surface area contributed by atoms with Gasteiger partial charge in [-0.15, -0.1) is 0 Å². The highest BCUT2D eigenvalue weighted by atomic mass is 35.5. The third-order valence-electron chi connectivity index (χ3n) is 5.36. The van der Waals surface area contributed by atoms with Crippen molar-refractivity contribution in [2.75, 3.05) is 19.7 Å². The minimum atomic E-state index is -4.08. The molecule has 0 aromatic heterocycles. The van der Waals surface area contributed by atoms with E-state index >= 15 is 0 Å². The number of nitrogens with zero attached hydrogens (tertiary/aromatic N) is 2. The first kappa shape index (κ1) is 22.4. The van der Waals surface area contributed by atoms with Crippen molar-refractivity contribution in [1.82, 2.24) is 9.21 Å². The summed E-state index contributed by atoms with van der Waals surface area (Å²) in [5.41, 5.74) is 0.561. The van der Waals surface area contributed by atoms with Gasteiger partial charge in [0.15, 0.2) is 0 Å². The van der Waals surface area contributed by atoms with Crippen molar-refractivity contribution in [2.45, 2.75) is 23.5 Å². The number of fused-ring (bicyclic) bond motifs is 1. The number of imide groups is 1. The molecule has 2 atom stereocenters. The highest BCUT2D eigenvalue weighted by Crippen LogP contribution is 2.28. The second-order valence-corrected chi connectivity index (χ2v) is 9.74. The molecule has 2 aliphatic rings. The Bertz CT molecular complexity index is 1150. The van der Waals surface area contributed by atoms with E-state index in [1.807, 2.05) is 0 Å². The Kier molecular flexibility index (Phi) is 6.04. The summed E-state index contributed by atoms with van der Waals surface area (Å²) in [6.07, 6.45) is -1.16. The van der Waals surface area contributed by atoms with Crippen LogP contribution in [0.4, 0.5) is 0 Å². The number of hydrogen-bond acceptors (Lipinski definition) is 7. The van der Waals surface area contributed by atoms with Crippen LogP contribution >= 0.6 is 11.6 Å². The first-order valence-electron chi connectivity index (χ1n) is 9.77. The summed E-state index contributed by atoms with van der Waals surface area (Å²) in [5.74, 6) is -1.83. The minimum Gasteiger partial charge on any atom is -0.463 e. The van der Waals surface area contributed by atoms with E-state index in [0.29, 0.717) is 5.02 Å². The zero-order valence-electron chi connectivity index (χ0n) is 16.7. The fraction of sp³-hybridized carbons (Fsp3) is 0.286. The van der Waals surface area contributed by atoms with Crippen LogP contribution in [-0.2, 0) is 19.6 Å². The Morgan fingerprint density at radius 2 is 1.66 bits per heavy atom. The van der Waals surface area contributed by atoms with Crippen LogP contribution in [0.3, 0.4) is 0 Å². The Morgan fingerprint density at radius 3 is 2.25 bits per heavy atom. The molecule has 168 valence electrons. The summed E-state index contributed by atoms with van der Waals surface area (Å²) >= 11 is 5.81. The molecule has 0 radical (unpaired) electrons. The van der Waals surface area contributed by atoms with Gasteiger partial charge in [-0.05, 0) is 36.4 Å². The predicted octanol–water partition coefficient (Wildman–Crippen LogP) is 1.30. The molecule has 9 nitrogen and oxygen atoms in total. The van der Waals surface area contributed by atoms with Crippen molar-refractivity contribution in [2.24, 2.45) is 0 Å². The molecule has 2 aliphatic heterocycles. The van der Waals surface area contributed by atoms with Gasteiger partial charge in [-0.2, -0.15) is 4.31 Å². The molecule has 2 aromatic rings. The van der Waals surface area contributed by atoms with Gasteiger partial charge >= 0.3 is 5.97 Å². The molecule has 0 spiro atoms. The molecular formula is C21H19ClN2O7S. The van der Waals surface area contributed by atoms with E-state index in [1.54, 1.807) is 24.3 Å². The number of sulfonamides is 1. The van der Waals surface area contributed by atoms with Gasteiger partial charge in [-0.25, -0.2) is 8.42 Å². The molecule has 2 amide bonds. The van der Waals surface area contributed by atoms with Crippen molar-refractivity contribution in [3.63, 3.8) is 0 Å². The molecular weight excluding hydrogens is 460 g/mol. The van der Waals surface area contributed by atoms with Crippen molar-refractivity contribution < 1.29 is 32.6 Å². The Morgan fingerprint density at radius 1 is 1.06 bits per heavy atom. The summed E-state index contributed by atoms with van der Waals surface area (Å²) < 4.78 is 32.0. The highest BCUT2D eigenvalue weighted by Gasteiger charge is 2.44. The highest BCUT2D eigenvalue weighted by molar-refractivity contribution is 7.89. The lowest BCUT2D eigenvalue weighted by molar-refractivity contribution is -0.147. The van der Waals surface area contributed by atoms with E-state index in [2.05, 4.69) is 0 Å². The lowest BCUT2D eigenvalue weighted by atomic mass is 10.1. The predicted molar refractivity (Wildman–Crippen MR) is 113 cm³/mol. The number of aliphatic hydroxyl groups is 1. The number of halogens is 1. The van der Waals surface area contributed by atoms with Gasteiger partial charge in [-0.3, -0.25) is 19.3 Å². The molecule has 32 heavy (non-hydrogen) atoms. The van der Waals surface area contributed by atoms with Crippen LogP contribution in [0, 0.1) is 0 Å². The third kappa shape index (κ3) is 4.02. The van der Waals surface area contributed by atoms with Crippen LogP contribution in [0.25, 0.3) is 0 Å². The van der Waals surface area contributed by atoms with Gasteiger partial charge in [0.25, 0.3) is 11.8 Å². The maximum atomic E-state index is 13.0. The molecule has 2 heterocycles. The van der Waals surface area contributed by atoms with Gasteiger partial charge < -0.3 is 9.84 Å². The van der Waals surface area contributed by atoms with E-state index in [0.717, 1.165) is 9.21 Å². The van der Waals surface area contributed by atoms with E-state index in [9.17, 15) is 27.9 Å². The molecule has 0 saturated carbocycles. The van der Waals surface area contributed by atoms with Crippen LogP contribution in [0.1, 0.15) is 27.1 Å². The first-order chi connectivity index (χ1) is 15.2. The maximum absolute atomic E-state index is 13.0. The van der Waals surface area contributed by atoms with Gasteiger partial charge in [-0.1, -0.05) is 23.7 Å². The van der Waals surface area contributed by atoms with E-state index in [-0.39, 0.29) is 42.1 Å². The quantitative estimate of drug-likeness (QED) is 0.490. The van der Waals surface area contributed by atoms with Gasteiger partial charge in [0.2, 0.25) is 10.0 Å².